The van der Waals surface area contributed by atoms with Crippen molar-refractivity contribution in [2.75, 3.05) is 0 Å². The molecule has 3 rings (SSSR count). The first-order valence-corrected chi connectivity index (χ1v) is 7.44. The van der Waals surface area contributed by atoms with Gasteiger partial charge >= 0.3 is 0 Å². The normalized spacial score (nSPS) is 49.9. The summed E-state index contributed by atoms with van der Waals surface area (Å²) in [6, 6.07) is 0. The molecule has 0 saturated heterocycles. The second kappa shape index (κ2) is 4.08. The van der Waals surface area contributed by atoms with Crippen LogP contribution in [0.3, 0.4) is 0 Å². The summed E-state index contributed by atoms with van der Waals surface area (Å²) in [5.41, 5.74) is -0.632. The molecule has 0 aromatic rings. The lowest BCUT2D eigenvalue weighted by Crippen LogP contribution is -2.61. The van der Waals surface area contributed by atoms with Gasteiger partial charge in [0, 0.05) is 11.8 Å². The van der Waals surface area contributed by atoms with Crippen LogP contribution in [0.4, 0.5) is 0 Å². The van der Waals surface area contributed by atoms with E-state index in [-0.39, 0.29) is 11.8 Å². The summed E-state index contributed by atoms with van der Waals surface area (Å²) in [7, 11) is 0. The van der Waals surface area contributed by atoms with Gasteiger partial charge in [-0.15, -0.1) is 0 Å². The third kappa shape index (κ3) is 1.53. The van der Waals surface area contributed by atoms with E-state index in [4.69, 9.17) is 0 Å². The summed E-state index contributed by atoms with van der Waals surface area (Å²) >= 11 is 0. The first-order valence-electron chi connectivity index (χ1n) is 7.44. The Labute approximate surface area is 104 Å². The third-order valence-corrected chi connectivity index (χ3v) is 5.81. The summed E-state index contributed by atoms with van der Waals surface area (Å²) in [5, 5.41) is 11.1. The van der Waals surface area contributed by atoms with Crippen molar-refractivity contribution in [3.05, 3.63) is 0 Å². The summed E-state index contributed by atoms with van der Waals surface area (Å²) in [5.74, 6) is 1.54. The highest BCUT2D eigenvalue weighted by Gasteiger charge is 2.58. The van der Waals surface area contributed by atoms with Crippen molar-refractivity contribution in [3.63, 3.8) is 0 Å². The Morgan fingerprint density at radius 3 is 2.82 bits per heavy atom. The average molecular weight is 236 g/mol. The smallest absolute Gasteiger partial charge is 0.142 e. The first-order chi connectivity index (χ1) is 8.18. The number of ketones is 1. The first kappa shape index (κ1) is 11.7. The Balaban J connectivity index is 2.00. The van der Waals surface area contributed by atoms with Gasteiger partial charge in [0.25, 0.3) is 0 Å². The van der Waals surface area contributed by atoms with E-state index in [1.165, 1.54) is 6.42 Å². The van der Waals surface area contributed by atoms with Gasteiger partial charge in [0.1, 0.15) is 5.78 Å². The van der Waals surface area contributed by atoms with E-state index in [0.717, 1.165) is 44.9 Å². The van der Waals surface area contributed by atoms with E-state index in [1.54, 1.807) is 0 Å². The second-order valence-electron chi connectivity index (χ2n) is 6.41. The van der Waals surface area contributed by atoms with Gasteiger partial charge in [0.05, 0.1) is 5.60 Å². The molecule has 3 fully saturated rings. The maximum atomic E-state index is 12.5. The van der Waals surface area contributed by atoms with Crippen molar-refractivity contribution < 1.29 is 9.90 Å². The van der Waals surface area contributed by atoms with Crippen molar-refractivity contribution in [2.45, 2.75) is 63.9 Å². The van der Waals surface area contributed by atoms with Crippen LogP contribution in [0, 0.1) is 23.7 Å². The summed E-state index contributed by atoms with van der Waals surface area (Å²) in [6.07, 6.45) is 8.61. The Kier molecular flexibility index (Phi) is 2.81. The van der Waals surface area contributed by atoms with Crippen LogP contribution in [0.1, 0.15) is 58.3 Å². The Hall–Kier alpha value is -0.370. The second-order valence-corrected chi connectivity index (χ2v) is 6.41. The predicted molar refractivity (Wildman–Crippen MR) is 66.5 cm³/mol. The molecule has 2 nitrogen and oxygen atoms in total. The van der Waals surface area contributed by atoms with Gasteiger partial charge in [-0.3, -0.25) is 4.79 Å². The van der Waals surface area contributed by atoms with Crippen LogP contribution in [0.5, 0.6) is 0 Å². The van der Waals surface area contributed by atoms with Gasteiger partial charge in [0.15, 0.2) is 0 Å². The molecule has 0 aromatic heterocycles. The standard InChI is InChI=1S/C15H24O2/c1-2-10-11-6-5-8-13(14(11)16)15(17)9-4-3-7-12(10)15/h10-13,17H,2-9H2,1H3/t10-,11-,12-,13+,15+/m1/s1. The zero-order chi connectivity index (χ0) is 12.0. The number of aliphatic hydroxyl groups is 1. The molecule has 2 heteroatoms. The minimum atomic E-state index is -0.632. The van der Waals surface area contributed by atoms with E-state index in [9.17, 15) is 9.90 Å². The lowest BCUT2D eigenvalue weighted by atomic mass is 9.50. The Bertz CT molecular complexity index is 325. The minimum absolute atomic E-state index is 0.0191. The van der Waals surface area contributed by atoms with Crippen LogP contribution in [0.15, 0.2) is 0 Å². The van der Waals surface area contributed by atoms with E-state index in [2.05, 4.69) is 6.92 Å². The summed E-state index contributed by atoms with van der Waals surface area (Å²) < 4.78 is 0. The fourth-order valence-corrected chi connectivity index (χ4v) is 5.08. The quantitative estimate of drug-likeness (QED) is 0.760. The lowest BCUT2D eigenvalue weighted by molar-refractivity contribution is -0.181. The summed E-state index contributed by atoms with van der Waals surface area (Å²) in [6.45, 7) is 2.20. The minimum Gasteiger partial charge on any atom is -0.389 e. The molecule has 17 heavy (non-hydrogen) atoms. The summed E-state index contributed by atoms with van der Waals surface area (Å²) in [4.78, 5) is 12.5. The number of Topliss-reactive ketones (excluding diaryl/α,β-unsaturated/α-hetero) is 1. The molecule has 0 aliphatic heterocycles. The van der Waals surface area contributed by atoms with Crippen LogP contribution in [0.25, 0.3) is 0 Å². The SMILES string of the molecule is CC[C@H]1[C@H]2CCCC[C@@]2(O)[C@H]2CCC[C@H]1C2=O. The number of fused-ring (bicyclic) bond motifs is 4. The van der Waals surface area contributed by atoms with Crippen molar-refractivity contribution in [1.82, 2.24) is 0 Å². The molecule has 0 radical (unpaired) electrons. The van der Waals surface area contributed by atoms with Crippen LogP contribution >= 0.6 is 0 Å². The van der Waals surface area contributed by atoms with Crippen LogP contribution < -0.4 is 0 Å². The molecule has 0 amide bonds. The monoisotopic (exact) mass is 236 g/mol. The topological polar surface area (TPSA) is 37.3 Å². The highest BCUT2D eigenvalue weighted by Crippen LogP contribution is 2.55. The molecule has 5 atom stereocenters. The molecule has 0 unspecified atom stereocenters. The molecule has 3 aliphatic carbocycles. The van der Waals surface area contributed by atoms with E-state index in [0.29, 0.717) is 17.6 Å². The zero-order valence-corrected chi connectivity index (χ0v) is 10.8. The molecule has 0 spiro atoms. The number of carbonyl (C=O) groups is 1. The van der Waals surface area contributed by atoms with Gasteiger partial charge in [-0.1, -0.05) is 32.6 Å². The molecule has 0 heterocycles. The lowest BCUT2D eigenvalue weighted by Gasteiger charge is -2.56. The van der Waals surface area contributed by atoms with Gasteiger partial charge < -0.3 is 5.11 Å². The van der Waals surface area contributed by atoms with Crippen molar-refractivity contribution >= 4 is 5.78 Å². The third-order valence-electron chi connectivity index (χ3n) is 5.81. The van der Waals surface area contributed by atoms with Gasteiger partial charge in [0.2, 0.25) is 0 Å². The van der Waals surface area contributed by atoms with Gasteiger partial charge in [-0.25, -0.2) is 0 Å². The van der Waals surface area contributed by atoms with Gasteiger partial charge in [-0.05, 0) is 37.5 Å². The van der Waals surface area contributed by atoms with E-state index < -0.39 is 5.60 Å². The van der Waals surface area contributed by atoms with Crippen LogP contribution in [-0.4, -0.2) is 16.5 Å². The maximum Gasteiger partial charge on any atom is 0.142 e. The van der Waals surface area contributed by atoms with E-state index in [1.807, 2.05) is 0 Å². The Morgan fingerprint density at radius 1 is 1.24 bits per heavy atom. The molecular weight excluding hydrogens is 212 g/mol. The molecule has 3 aliphatic rings. The fourth-order valence-electron chi connectivity index (χ4n) is 5.08. The van der Waals surface area contributed by atoms with Gasteiger partial charge in [-0.2, -0.15) is 0 Å². The highest BCUT2D eigenvalue weighted by molar-refractivity contribution is 5.86. The van der Waals surface area contributed by atoms with E-state index >= 15 is 0 Å². The number of hydrogen-bond acceptors (Lipinski definition) is 2. The fraction of sp³-hybridized carbons (Fsp3) is 0.933. The molecule has 1 N–H and O–H groups in total. The molecular formula is C15H24O2. The Morgan fingerprint density at radius 2 is 2.06 bits per heavy atom. The number of carbonyl (C=O) groups excluding carboxylic acids is 1. The van der Waals surface area contributed by atoms with Crippen molar-refractivity contribution in [3.8, 4) is 0 Å². The average Bonchev–Trinajstić information content (AvgIpc) is 2.32. The zero-order valence-electron chi connectivity index (χ0n) is 10.8. The predicted octanol–water partition coefficient (Wildman–Crippen LogP) is 2.93. The van der Waals surface area contributed by atoms with Crippen molar-refractivity contribution in [2.24, 2.45) is 23.7 Å². The molecule has 3 saturated carbocycles. The number of rotatable bonds is 1. The molecule has 96 valence electrons. The maximum absolute atomic E-state index is 12.5. The van der Waals surface area contributed by atoms with Crippen LogP contribution in [-0.2, 0) is 4.79 Å². The molecule has 0 aromatic carbocycles. The van der Waals surface area contributed by atoms with Crippen LogP contribution in [0.2, 0.25) is 0 Å². The largest absolute Gasteiger partial charge is 0.389 e. The van der Waals surface area contributed by atoms with Crippen molar-refractivity contribution in [1.29, 1.82) is 0 Å². The molecule has 2 bridgehead atoms. The number of hydrogen-bond donors (Lipinski definition) is 1. The highest BCUT2D eigenvalue weighted by atomic mass is 16.3.